The van der Waals surface area contributed by atoms with E-state index < -0.39 is 23.1 Å². The van der Waals surface area contributed by atoms with Gasteiger partial charge in [-0.15, -0.1) is 0 Å². The number of para-hydroxylation sites is 1. The fraction of sp³-hybridized carbons (Fsp3) is 0.217. The van der Waals surface area contributed by atoms with Crippen LogP contribution in [0.25, 0.3) is 11.0 Å². The molecule has 4 heterocycles. The average Bonchev–Trinajstić information content (AvgIpc) is 3.29. The molecule has 144 valence electrons. The van der Waals surface area contributed by atoms with Crippen LogP contribution < -0.4 is 10.9 Å². The Morgan fingerprint density at radius 1 is 1.14 bits per heavy atom. The van der Waals surface area contributed by atoms with Gasteiger partial charge in [0.15, 0.2) is 5.78 Å². The van der Waals surface area contributed by atoms with Gasteiger partial charge in [0.2, 0.25) is 0 Å². The van der Waals surface area contributed by atoms with Crippen LogP contribution in [0.4, 0.5) is 5.69 Å². The summed E-state index contributed by atoms with van der Waals surface area (Å²) < 4.78 is 11.9. The smallest absolute Gasteiger partial charge is 0.341 e. The van der Waals surface area contributed by atoms with Gasteiger partial charge in [0.05, 0.1) is 23.3 Å². The molecule has 3 aliphatic rings. The second-order valence-electron chi connectivity index (χ2n) is 7.80. The largest absolute Gasteiger partial charge is 0.422 e. The van der Waals surface area contributed by atoms with Gasteiger partial charge in [-0.3, -0.25) is 4.79 Å². The van der Waals surface area contributed by atoms with Gasteiger partial charge in [-0.25, -0.2) is 4.79 Å². The maximum absolute atomic E-state index is 13.5. The number of hydrogen-bond donors (Lipinski definition) is 1. The number of ether oxygens (including phenoxy) is 1. The summed E-state index contributed by atoms with van der Waals surface area (Å²) in [4.78, 5) is 26.5. The summed E-state index contributed by atoms with van der Waals surface area (Å²) in [5.74, 6) is -0.952. The molecule has 0 saturated carbocycles. The van der Waals surface area contributed by atoms with Gasteiger partial charge in [0, 0.05) is 28.4 Å². The third-order valence-corrected chi connectivity index (χ3v) is 6.55. The van der Waals surface area contributed by atoms with Gasteiger partial charge in [0.25, 0.3) is 0 Å². The van der Waals surface area contributed by atoms with E-state index in [4.69, 9.17) is 20.8 Å². The molecule has 1 N–H and O–H groups in total. The number of rotatable bonds is 2. The summed E-state index contributed by atoms with van der Waals surface area (Å²) in [6, 6.07) is 14.3. The lowest BCUT2D eigenvalue weighted by Gasteiger charge is -2.38. The normalized spacial score (nSPS) is 28.8. The molecule has 0 amide bonds. The number of benzene rings is 2. The predicted molar refractivity (Wildman–Crippen MR) is 110 cm³/mol. The molecule has 0 radical (unpaired) electrons. The third kappa shape index (κ3) is 2.26. The number of fused-ring (bicyclic) bond motifs is 5. The highest BCUT2D eigenvalue weighted by Crippen LogP contribution is 2.56. The van der Waals surface area contributed by atoms with E-state index >= 15 is 0 Å². The Hall–Kier alpha value is -2.89. The van der Waals surface area contributed by atoms with Crippen LogP contribution in [-0.2, 0) is 4.74 Å². The highest BCUT2D eigenvalue weighted by atomic mass is 35.5. The molecule has 29 heavy (non-hydrogen) atoms. The first kappa shape index (κ1) is 17.0. The van der Waals surface area contributed by atoms with Crippen LogP contribution >= 0.6 is 11.6 Å². The Bertz CT molecular complexity index is 1260. The van der Waals surface area contributed by atoms with Gasteiger partial charge in [-0.2, -0.15) is 0 Å². The summed E-state index contributed by atoms with van der Waals surface area (Å²) in [6.45, 7) is 0.496. The molecular formula is C23H16ClNO4. The molecule has 3 aliphatic heterocycles. The molecule has 0 unspecified atom stereocenters. The van der Waals surface area contributed by atoms with Crippen LogP contribution in [0, 0.1) is 5.92 Å². The van der Waals surface area contributed by atoms with E-state index in [1.165, 1.54) is 0 Å². The number of halogens is 1. The number of ketones is 1. The molecule has 5 nitrogen and oxygen atoms in total. The molecule has 0 aliphatic carbocycles. The van der Waals surface area contributed by atoms with Crippen LogP contribution in [-0.4, -0.2) is 24.0 Å². The fourth-order valence-corrected chi connectivity index (χ4v) is 5.18. The van der Waals surface area contributed by atoms with Gasteiger partial charge in [-0.1, -0.05) is 35.9 Å². The molecule has 1 saturated heterocycles. The zero-order chi connectivity index (χ0) is 19.8. The van der Waals surface area contributed by atoms with Gasteiger partial charge in [0.1, 0.15) is 11.2 Å². The minimum absolute atomic E-state index is 0.0525. The Labute approximate surface area is 170 Å². The third-order valence-electron chi connectivity index (χ3n) is 6.30. The second-order valence-corrected chi connectivity index (χ2v) is 8.24. The minimum atomic E-state index is -0.721. The van der Waals surface area contributed by atoms with Crippen LogP contribution in [0.2, 0.25) is 5.02 Å². The van der Waals surface area contributed by atoms with Gasteiger partial charge < -0.3 is 14.5 Å². The first-order valence-electron chi connectivity index (χ1n) is 9.54. The number of carbonyl (C=O) groups excluding carboxylic acids is 1. The zero-order valence-corrected chi connectivity index (χ0v) is 16.0. The van der Waals surface area contributed by atoms with E-state index in [2.05, 4.69) is 5.32 Å². The predicted octanol–water partition coefficient (Wildman–Crippen LogP) is 4.16. The highest BCUT2D eigenvalue weighted by molar-refractivity contribution is 6.30. The summed E-state index contributed by atoms with van der Waals surface area (Å²) in [6.07, 6.45) is 3.55. The van der Waals surface area contributed by atoms with Crippen molar-refractivity contribution < 1.29 is 13.9 Å². The summed E-state index contributed by atoms with van der Waals surface area (Å²) in [5.41, 5.74) is 1.18. The van der Waals surface area contributed by atoms with E-state index in [-0.39, 0.29) is 11.9 Å². The van der Waals surface area contributed by atoms with Crippen LogP contribution in [0.3, 0.4) is 0 Å². The summed E-state index contributed by atoms with van der Waals surface area (Å²) in [5, 5.41) is 4.78. The maximum Gasteiger partial charge on any atom is 0.341 e. The van der Waals surface area contributed by atoms with Gasteiger partial charge >= 0.3 is 5.63 Å². The number of anilines is 1. The van der Waals surface area contributed by atoms with E-state index in [9.17, 15) is 9.59 Å². The monoisotopic (exact) mass is 405 g/mol. The van der Waals surface area contributed by atoms with Crippen molar-refractivity contribution in [3.05, 3.63) is 87.3 Å². The molecule has 6 rings (SSSR count). The fourth-order valence-electron chi connectivity index (χ4n) is 5.06. The quantitative estimate of drug-likeness (QED) is 0.394. The minimum Gasteiger partial charge on any atom is -0.422 e. The molecule has 3 aromatic rings. The molecule has 1 fully saturated rings. The lowest BCUT2D eigenvalue weighted by molar-refractivity contribution is 0.0301. The number of carbonyl (C=O) groups is 1. The summed E-state index contributed by atoms with van der Waals surface area (Å²) in [7, 11) is 0. The number of nitrogens with one attached hydrogen (secondary N) is 1. The van der Waals surface area contributed by atoms with Crippen LogP contribution in [0.15, 0.2) is 69.9 Å². The molecule has 1 spiro atoms. The van der Waals surface area contributed by atoms with E-state index in [1.807, 2.05) is 30.4 Å². The van der Waals surface area contributed by atoms with Crippen molar-refractivity contribution in [2.75, 3.05) is 11.9 Å². The Morgan fingerprint density at radius 2 is 1.93 bits per heavy atom. The maximum atomic E-state index is 13.5. The summed E-state index contributed by atoms with van der Waals surface area (Å²) >= 11 is 5.98. The van der Waals surface area contributed by atoms with Crippen LogP contribution in [0.5, 0.6) is 0 Å². The molecular weight excluding hydrogens is 390 g/mol. The second kappa shape index (κ2) is 5.81. The molecule has 1 aromatic heterocycles. The number of Topliss-reactive ketones (excluding diaryl/α,β-unsaturated/α-hetero) is 1. The Morgan fingerprint density at radius 3 is 2.76 bits per heavy atom. The van der Waals surface area contributed by atoms with Crippen molar-refractivity contribution in [1.82, 2.24) is 0 Å². The van der Waals surface area contributed by atoms with E-state index in [0.717, 1.165) is 11.1 Å². The lowest BCUT2D eigenvalue weighted by Crippen LogP contribution is -2.47. The van der Waals surface area contributed by atoms with Crippen molar-refractivity contribution >= 4 is 34.0 Å². The zero-order valence-electron chi connectivity index (χ0n) is 15.2. The highest BCUT2D eigenvalue weighted by Gasteiger charge is 2.62. The van der Waals surface area contributed by atoms with Crippen molar-refractivity contribution in [3.63, 3.8) is 0 Å². The molecule has 2 aromatic carbocycles. The average molecular weight is 406 g/mol. The number of hydrogen-bond acceptors (Lipinski definition) is 5. The van der Waals surface area contributed by atoms with Crippen molar-refractivity contribution in [2.24, 2.45) is 5.92 Å². The van der Waals surface area contributed by atoms with Crippen LogP contribution in [0.1, 0.15) is 21.8 Å². The SMILES string of the molecule is O=C(c1ccc(Cl)cc1)[C@@H]1[C@@H]2C=C[C@@]3(CNc4c(c(=O)oc5ccccc45)[C@@H]13)O2. The lowest BCUT2D eigenvalue weighted by atomic mass is 9.67. The van der Waals surface area contributed by atoms with Crippen molar-refractivity contribution in [2.45, 2.75) is 17.6 Å². The van der Waals surface area contributed by atoms with Gasteiger partial charge in [-0.05, 0) is 36.4 Å². The van der Waals surface area contributed by atoms with E-state index in [1.54, 1.807) is 30.3 Å². The van der Waals surface area contributed by atoms with E-state index in [0.29, 0.717) is 28.3 Å². The standard InChI is InChI=1S/C23H16ClNO4/c24-13-7-5-12(6-8-13)21(26)17-16-9-10-23(29-16)11-25-20-14-3-1-2-4-15(14)28-22(27)18(20)19(17)23/h1-10,16-17,19,25H,11H2/t16-,17+,19+,23-/m0/s1. The van der Waals surface area contributed by atoms with Crippen molar-refractivity contribution in [1.29, 1.82) is 0 Å². The van der Waals surface area contributed by atoms with Crippen molar-refractivity contribution in [3.8, 4) is 0 Å². The first-order chi connectivity index (χ1) is 14.1. The topological polar surface area (TPSA) is 68.5 Å². The molecule has 4 atom stereocenters. The molecule has 2 bridgehead atoms. The Kier molecular flexibility index (Phi) is 3.41. The molecule has 6 heteroatoms. The first-order valence-corrected chi connectivity index (χ1v) is 9.92. The Balaban J connectivity index is 1.56.